The van der Waals surface area contributed by atoms with Crippen LogP contribution in [0.2, 0.25) is 0 Å². The van der Waals surface area contributed by atoms with Gasteiger partial charge >= 0.3 is 11.7 Å². The first-order chi connectivity index (χ1) is 14.8. The molecule has 162 valence electrons. The number of hydrogen-bond acceptors (Lipinski definition) is 4. The maximum absolute atomic E-state index is 12.9. The Morgan fingerprint density at radius 2 is 1.81 bits per heavy atom. The number of rotatable bonds is 6. The van der Waals surface area contributed by atoms with Gasteiger partial charge in [-0.25, -0.2) is 4.79 Å². The van der Waals surface area contributed by atoms with Crippen molar-refractivity contribution in [1.29, 1.82) is 0 Å². The van der Waals surface area contributed by atoms with Gasteiger partial charge in [0.15, 0.2) is 0 Å². The number of anilines is 1. The summed E-state index contributed by atoms with van der Waals surface area (Å²) in [7, 11) is 0. The smallest absolute Gasteiger partial charge is 0.441 e. The molecule has 0 fully saturated rings. The highest BCUT2D eigenvalue weighted by atomic mass is 16.5. The predicted octanol–water partition coefficient (Wildman–Crippen LogP) is 4.28. The first-order valence-electron chi connectivity index (χ1n) is 10.6. The predicted molar refractivity (Wildman–Crippen MR) is 120 cm³/mol. The molecule has 31 heavy (non-hydrogen) atoms. The first kappa shape index (κ1) is 22.4. The second kappa shape index (κ2) is 9.27. The van der Waals surface area contributed by atoms with Crippen LogP contribution >= 0.6 is 0 Å². The van der Waals surface area contributed by atoms with E-state index in [2.05, 4.69) is 60.8 Å². The molecular formula is C25H29N3O3. The first-order valence-corrected chi connectivity index (χ1v) is 10.6. The molecule has 2 aromatic rings. The summed E-state index contributed by atoms with van der Waals surface area (Å²) in [5.41, 5.74) is 13.2. The molecule has 1 aliphatic rings. The van der Waals surface area contributed by atoms with Crippen LogP contribution in [0.4, 0.5) is 5.69 Å². The average molecular weight is 420 g/mol. The minimum absolute atomic E-state index is 0.0102. The Kier molecular flexibility index (Phi) is 6.71. The fourth-order valence-electron chi connectivity index (χ4n) is 4.02. The molecule has 0 amide bonds. The molecular weight excluding hydrogens is 390 g/mol. The van der Waals surface area contributed by atoms with Crippen LogP contribution in [0.5, 0.6) is 0 Å². The van der Waals surface area contributed by atoms with E-state index in [9.17, 15) is 15.1 Å². The lowest BCUT2D eigenvalue weighted by Crippen LogP contribution is -2.39. The van der Waals surface area contributed by atoms with E-state index in [1.165, 1.54) is 11.1 Å². The van der Waals surface area contributed by atoms with Gasteiger partial charge in [-0.3, -0.25) is 4.79 Å². The Hall–Kier alpha value is -3.24. The molecule has 1 atom stereocenters. The molecule has 1 aliphatic heterocycles. The van der Waals surface area contributed by atoms with Crippen LogP contribution in [0.3, 0.4) is 0 Å². The molecule has 2 aromatic carbocycles. The summed E-state index contributed by atoms with van der Waals surface area (Å²) >= 11 is 0. The van der Waals surface area contributed by atoms with Gasteiger partial charge in [0.05, 0.1) is 12.6 Å². The molecule has 0 spiro atoms. The molecule has 0 aromatic heterocycles. The number of ketones is 1. The van der Waals surface area contributed by atoms with Crippen molar-refractivity contribution < 1.29 is 19.1 Å². The number of fused-ring (bicyclic) bond motifs is 1. The van der Waals surface area contributed by atoms with Crippen LogP contribution in [-0.4, -0.2) is 35.4 Å². The van der Waals surface area contributed by atoms with Gasteiger partial charge < -0.3 is 15.2 Å². The molecule has 0 radical (unpaired) electrons. The fraction of sp³-hybridized carbons (Fsp3) is 0.400. The number of carbonyl (C=O) groups excluding carboxylic acids is 2. The topological polar surface area (TPSA) is 83.0 Å². The van der Waals surface area contributed by atoms with Gasteiger partial charge in [-0.2, -0.15) is 4.79 Å². The van der Waals surface area contributed by atoms with Crippen molar-refractivity contribution in [2.45, 2.75) is 52.0 Å². The molecule has 6 heteroatoms. The molecule has 0 aliphatic carbocycles. The van der Waals surface area contributed by atoms with Gasteiger partial charge in [-0.1, -0.05) is 57.2 Å². The van der Waals surface area contributed by atoms with Crippen LogP contribution in [-0.2, 0) is 26.2 Å². The summed E-state index contributed by atoms with van der Waals surface area (Å²) in [5, 5.41) is 0. The van der Waals surface area contributed by atoms with Gasteiger partial charge in [-0.05, 0) is 47.6 Å². The second-order valence-electron chi connectivity index (χ2n) is 8.75. The summed E-state index contributed by atoms with van der Waals surface area (Å²) in [6, 6.07) is 16.2. The van der Waals surface area contributed by atoms with E-state index >= 15 is 0 Å². The second-order valence-corrected chi connectivity index (χ2v) is 8.75. The molecule has 0 saturated carbocycles. The van der Waals surface area contributed by atoms with Gasteiger partial charge in [0.25, 0.3) is 5.78 Å². The van der Waals surface area contributed by atoms with Crippen molar-refractivity contribution in [3.8, 4) is 0 Å². The van der Waals surface area contributed by atoms with E-state index in [-0.39, 0.29) is 24.5 Å². The zero-order chi connectivity index (χ0) is 22.6. The number of carbonyl (C=O) groups is 2. The summed E-state index contributed by atoms with van der Waals surface area (Å²) in [6.07, 6.45) is 0.872. The van der Waals surface area contributed by atoms with Crippen molar-refractivity contribution in [2.24, 2.45) is 0 Å². The molecule has 0 saturated heterocycles. The molecule has 6 nitrogen and oxygen atoms in total. The lowest BCUT2D eigenvalue weighted by Gasteiger charge is -2.39. The fourth-order valence-corrected chi connectivity index (χ4v) is 4.02. The Balaban J connectivity index is 1.95. The van der Waals surface area contributed by atoms with Crippen LogP contribution in [0.15, 0.2) is 48.5 Å². The lowest BCUT2D eigenvalue weighted by atomic mass is 9.86. The van der Waals surface area contributed by atoms with Crippen LogP contribution in [0.1, 0.15) is 56.8 Å². The van der Waals surface area contributed by atoms with E-state index in [1.54, 1.807) is 6.92 Å². The van der Waals surface area contributed by atoms with Crippen molar-refractivity contribution in [3.63, 3.8) is 0 Å². The lowest BCUT2D eigenvalue weighted by molar-refractivity contribution is -0.141. The van der Waals surface area contributed by atoms with E-state index in [0.717, 1.165) is 24.2 Å². The maximum atomic E-state index is 12.9. The third kappa shape index (κ3) is 4.92. The zero-order valence-electron chi connectivity index (χ0n) is 18.6. The quantitative estimate of drug-likeness (QED) is 0.230. The molecule has 1 unspecified atom stereocenters. The average Bonchev–Trinajstić information content (AvgIpc) is 2.74. The van der Waals surface area contributed by atoms with E-state index in [0.29, 0.717) is 0 Å². The normalized spacial score (nSPS) is 15.6. The summed E-state index contributed by atoms with van der Waals surface area (Å²) in [5.74, 6) is -1.45. The maximum Gasteiger partial charge on any atom is 0.441 e. The Morgan fingerprint density at radius 1 is 1.13 bits per heavy atom. The Morgan fingerprint density at radius 3 is 2.42 bits per heavy atom. The molecule has 1 heterocycles. The van der Waals surface area contributed by atoms with Gasteiger partial charge in [0.2, 0.25) is 0 Å². The number of hydrogen-bond donors (Lipinski definition) is 0. The van der Waals surface area contributed by atoms with Gasteiger partial charge in [0.1, 0.15) is 0 Å². The van der Waals surface area contributed by atoms with Crippen molar-refractivity contribution >= 4 is 23.2 Å². The van der Waals surface area contributed by atoms with Crippen LogP contribution in [0, 0.1) is 0 Å². The van der Waals surface area contributed by atoms with Crippen molar-refractivity contribution in [1.82, 2.24) is 0 Å². The Labute approximate surface area is 183 Å². The third-order valence-corrected chi connectivity index (χ3v) is 5.69. The third-order valence-electron chi connectivity index (χ3n) is 5.69. The molecule has 0 bridgehead atoms. The number of Topliss-reactive ketones (excluding diaryl/α,β-unsaturated/α-hetero) is 1. The number of benzene rings is 2. The summed E-state index contributed by atoms with van der Waals surface area (Å²) in [6.45, 7) is 9.00. The van der Waals surface area contributed by atoms with Gasteiger partial charge in [0, 0.05) is 18.7 Å². The van der Waals surface area contributed by atoms with Crippen LogP contribution in [0.25, 0.3) is 5.53 Å². The number of ether oxygens (including phenoxy) is 1. The van der Waals surface area contributed by atoms with Crippen LogP contribution < -0.4 is 4.90 Å². The SMILES string of the molecule is CCOC(=O)C(=[N+]=[N-])C(=O)CC1c2ccccc2CCN1c1ccc(C(C)(C)C)cc1. The Bertz CT molecular complexity index is 1020. The van der Waals surface area contributed by atoms with Gasteiger partial charge in [-0.15, -0.1) is 0 Å². The largest absolute Gasteiger partial charge is 0.457 e. The highest BCUT2D eigenvalue weighted by molar-refractivity contribution is 6.62. The molecule has 3 rings (SSSR count). The van der Waals surface area contributed by atoms with Crippen molar-refractivity contribution in [2.75, 3.05) is 18.1 Å². The zero-order valence-corrected chi connectivity index (χ0v) is 18.6. The highest BCUT2D eigenvalue weighted by Gasteiger charge is 2.37. The number of esters is 1. The van der Waals surface area contributed by atoms with E-state index in [1.807, 2.05) is 18.2 Å². The molecule has 0 N–H and O–H groups in total. The number of nitrogens with zero attached hydrogens (tertiary/aromatic N) is 3. The standard InChI is InChI=1S/C25H29N3O3/c1-5-31-24(30)23(27-26)22(29)16-21-20-9-7-6-8-17(20)14-15-28(21)19-12-10-18(11-13-19)25(2,3)4/h6-13,21H,5,14-16H2,1-4H3. The van der Waals surface area contributed by atoms with Crippen molar-refractivity contribution in [3.05, 3.63) is 70.8 Å². The highest BCUT2D eigenvalue weighted by Crippen LogP contribution is 2.37. The minimum atomic E-state index is -0.903. The minimum Gasteiger partial charge on any atom is -0.457 e. The van der Waals surface area contributed by atoms with E-state index < -0.39 is 17.5 Å². The summed E-state index contributed by atoms with van der Waals surface area (Å²) in [4.78, 5) is 30.1. The van der Waals surface area contributed by atoms with E-state index in [4.69, 9.17) is 4.74 Å². The summed E-state index contributed by atoms with van der Waals surface area (Å²) < 4.78 is 4.87. The monoisotopic (exact) mass is 419 g/mol.